The number of para-hydroxylation sites is 2. The van der Waals surface area contributed by atoms with E-state index in [0.717, 1.165) is 16.1 Å². The Labute approximate surface area is 202 Å². The highest BCUT2D eigenvalue weighted by molar-refractivity contribution is 7.10. The van der Waals surface area contributed by atoms with Crippen LogP contribution < -0.4 is 15.0 Å². The van der Waals surface area contributed by atoms with E-state index in [1.54, 1.807) is 16.2 Å². The Hall–Kier alpha value is -3.36. The molecule has 3 aromatic rings. The zero-order valence-electron chi connectivity index (χ0n) is 18.8. The van der Waals surface area contributed by atoms with Gasteiger partial charge in [0.05, 0.1) is 38.0 Å². The Balaban J connectivity index is 1.33. The molecule has 176 valence electrons. The van der Waals surface area contributed by atoms with E-state index in [1.807, 2.05) is 77.0 Å². The smallest absolute Gasteiger partial charge is 0.265 e. The van der Waals surface area contributed by atoms with Crippen LogP contribution in [0.4, 0.5) is 5.69 Å². The lowest BCUT2D eigenvalue weighted by molar-refractivity contribution is -0.142. The molecule has 0 radical (unpaired) electrons. The zero-order chi connectivity index (χ0) is 23.3. The van der Waals surface area contributed by atoms with Crippen LogP contribution >= 0.6 is 11.3 Å². The number of morpholine rings is 1. The van der Waals surface area contributed by atoms with Gasteiger partial charge in [-0.1, -0.05) is 48.5 Å². The molecule has 0 bridgehead atoms. The summed E-state index contributed by atoms with van der Waals surface area (Å²) in [6.07, 6.45) is -0.664. The molecule has 34 heavy (non-hydrogen) atoms. The second-order valence-corrected chi connectivity index (χ2v) is 9.30. The van der Waals surface area contributed by atoms with Crippen molar-refractivity contribution in [3.8, 4) is 5.75 Å². The highest BCUT2D eigenvalue weighted by Crippen LogP contribution is 2.33. The van der Waals surface area contributed by atoms with Crippen LogP contribution in [0, 0.1) is 0 Å². The van der Waals surface area contributed by atoms with Crippen LogP contribution in [-0.2, 0) is 14.3 Å². The normalized spacial score (nSPS) is 18.5. The van der Waals surface area contributed by atoms with E-state index in [2.05, 4.69) is 5.32 Å². The number of hydrogen-bond acceptors (Lipinski definition) is 6. The Bertz CT molecular complexity index is 1120. The second-order valence-electron chi connectivity index (χ2n) is 8.32. The number of amides is 2. The summed E-state index contributed by atoms with van der Waals surface area (Å²) in [5.41, 5.74) is 1.84. The number of fused-ring (bicyclic) bond motifs is 1. The summed E-state index contributed by atoms with van der Waals surface area (Å²) >= 11 is 1.61. The molecule has 7 nitrogen and oxygen atoms in total. The molecule has 0 saturated carbocycles. The van der Waals surface area contributed by atoms with Crippen molar-refractivity contribution in [2.24, 2.45) is 0 Å². The molecule has 0 spiro atoms. The van der Waals surface area contributed by atoms with Crippen molar-refractivity contribution >= 4 is 28.8 Å². The van der Waals surface area contributed by atoms with E-state index in [-0.39, 0.29) is 24.4 Å². The van der Waals surface area contributed by atoms with Gasteiger partial charge < -0.3 is 24.6 Å². The lowest BCUT2D eigenvalue weighted by Gasteiger charge is -2.38. The lowest BCUT2D eigenvalue weighted by atomic mass is 10.1. The summed E-state index contributed by atoms with van der Waals surface area (Å²) in [5, 5.41) is 5.21. The van der Waals surface area contributed by atoms with Crippen molar-refractivity contribution in [1.29, 1.82) is 0 Å². The third-order valence-electron chi connectivity index (χ3n) is 6.06. The second kappa shape index (κ2) is 10.3. The van der Waals surface area contributed by atoms with E-state index in [4.69, 9.17) is 9.47 Å². The van der Waals surface area contributed by atoms with E-state index >= 15 is 0 Å². The summed E-state index contributed by atoms with van der Waals surface area (Å²) < 4.78 is 11.4. The molecular formula is C26H27N3O4S. The Morgan fingerprint density at radius 1 is 1.00 bits per heavy atom. The van der Waals surface area contributed by atoms with E-state index in [1.165, 1.54) is 0 Å². The number of carbonyl (C=O) groups is 2. The molecule has 2 aliphatic heterocycles. The minimum absolute atomic E-state index is 0.0658. The van der Waals surface area contributed by atoms with Crippen molar-refractivity contribution in [2.75, 3.05) is 44.3 Å². The first-order valence-electron chi connectivity index (χ1n) is 11.4. The first-order valence-corrected chi connectivity index (χ1v) is 12.3. The molecule has 2 aliphatic rings. The van der Waals surface area contributed by atoms with Crippen LogP contribution in [0.2, 0.25) is 0 Å². The summed E-state index contributed by atoms with van der Waals surface area (Å²) in [5.74, 6) is 0.437. The molecule has 1 aromatic heterocycles. The average Bonchev–Trinajstić information content (AvgIpc) is 3.42. The fraction of sp³-hybridized carbons (Fsp3) is 0.308. The van der Waals surface area contributed by atoms with Crippen LogP contribution in [0.5, 0.6) is 5.75 Å². The van der Waals surface area contributed by atoms with Crippen molar-refractivity contribution in [1.82, 2.24) is 10.2 Å². The van der Waals surface area contributed by atoms with Gasteiger partial charge in [0.2, 0.25) is 5.91 Å². The first kappa shape index (κ1) is 22.4. The minimum Gasteiger partial charge on any atom is -0.477 e. The summed E-state index contributed by atoms with van der Waals surface area (Å²) in [6, 6.07) is 21.3. The van der Waals surface area contributed by atoms with E-state index in [0.29, 0.717) is 38.6 Å². The highest BCUT2D eigenvalue weighted by Gasteiger charge is 2.35. The summed E-state index contributed by atoms with van der Waals surface area (Å²) in [4.78, 5) is 31.2. The maximum absolute atomic E-state index is 13.3. The molecule has 3 heterocycles. The van der Waals surface area contributed by atoms with Gasteiger partial charge in [-0.15, -0.1) is 11.3 Å². The van der Waals surface area contributed by atoms with Crippen LogP contribution in [0.15, 0.2) is 72.1 Å². The molecule has 0 aliphatic carbocycles. The van der Waals surface area contributed by atoms with Crippen LogP contribution in [0.3, 0.4) is 0 Å². The van der Waals surface area contributed by atoms with Crippen molar-refractivity contribution in [2.45, 2.75) is 12.1 Å². The maximum Gasteiger partial charge on any atom is 0.265 e. The van der Waals surface area contributed by atoms with Gasteiger partial charge in [-0.05, 0) is 29.1 Å². The number of nitrogens with one attached hydrogen (secondary N) is 1. The van der Waals surface area contributed by atoms with Gasteiger partial charge in [-0.2, -0.15) is 0 Å². The van der Waals surface area contributed by atoms with Crippen molar-refractivity contribution in [3.05, 3.63) is 82.6 Å². The predicted octanol–water partition coefficient (Wildman–Crippen LogP) is 3.08. The third kappa shape index (κ3) is 4.93. The largest absolute Gasteiger partial charge is 0.477 e. The fourth-order valence-corrected chi connectivity index (χ4v) is 5.17. The molecule has 1 saturated heterocycles. The van der Waals surface area contributed by atoms with Gasteiger partial charge in [0.25, 0.3) is 5.91 Å². The maximum atomic E-state index is 13.3. The number of carbonyl (C=O) groups excluding carboxylic acids is 2. The number of ether oxygens (including phenoxy) is 2. The van der Waals surface area contributed by atoms with E-state index in [9.17, 15) is 9.59 Å². The van der Waals surface area contributed by atoms with Crippen LogP contribution in [-0.4, -0.2) is 62.2 Å². The molecule has 1 fully saturated rings. The molecule has 8 heteroatoms. The Morgan fingerprint density at radius 2 is 1.76 bits per heavy atom. The molecule has 5 rings (SSSR count). The van der Waals surface area contributed by atoms with Gasteiger partial charge in [0.15, 0.2) is 6.10 Å². The van der Waals surface area contributed by atoms with Crippen LogP contribution in [0.25, 0.3) is 0 Å². The molecule has 0 unspecified atom stereocenters. The number of thiophene rings is 1. The minimum atomic E-state index is -0.664. The highest BCUT2D eigenvalue weighted by atomic mass is 32.1. The predicted molar refractivity (Wildman–Crippen MR) is 131 cm³/mol. The van der Waals surface area contributed by atoms with Crippen molar-refractivity contribution < 1.29 is 19.1 Å². The van der Waals surface area contributed by atoms with Gasteiger partial charge in [0.1, 0.15) is 5.75 Å². The van der Waals surface area contributed by atoms with Gasteiger partial charge in [0, 0.05) is 18.0 Å². The first-order chi connectivity index (χ1) is 16.7. The summed E-state index contributed by atoms with van der Waals surface area (Å²) in [6.45, 7) is 2.62. The van der Waals surface area contributed by atoms with Gasteiger partial charge in [-0.3, -0.25) is 9.59 Å². The fourth-order valence-electron chi connectivity index (χ4n) is 4.37. The quantitative estimate of drug-likeness (QED) is 0.591. The zero-order valence-corrected chi connectivity index (χ0v) is 19.6. The standard InChI is InChI=1S/C26H27N3O4S/c30-24(27-25(23-11-6-16-34-23)19-7-2-1-3-8-19)18-29-17-22(26(31)28-12-14-32-15-13-28)33-21-10-5-4-9-20(21)29/h1-11,16,22,25H,12-15,17-18H2,(H,27,30)/t22-,25+/m1/s1. The number of nitrogens with zero attached hydrogens (tertiary/aromatic N) is 2. The molecule has 2 atom stereocenters. The number of benzene rings is 2. The number of rotatable bonds is 6. The van der Waals surface area contributed by atoms with Crippen LogP contribution in [0.1, 0.15) is 16.5 Å². The Kier molecular flexibility index (Phi) is 6.78. The number of hydrogen-bond donors (Lipinski definition) is 1. The van der Waals surface area contributed by atoms with Crippen molar-refractivity contribution in [3.63, 3.8) is 0 Å². The summed E-state index contributed by atoms with van der Waals surface area (Å²) in [7, 11) is 0. The number of anilines is 1. The average molecular weight is 478 g/mol. The van der Waals surface area contributed by atoms with E-state index < -0.39 is 6.10 Å². The molecular weight excluding hydrogens is 450 g/mol. The monoisotopic (exact) mass is 477 g/mol. The SMILES string of the molecule is O=C(CN1C[C@H](C(=O)N2CCOCC2)Oc2ccccc21)N[C@@H](c1ccccc1)c1cccs1. The molecule has 1 N–H and O–H groups in total. The third-order valence-corrected chi connectivity index (χ3v) is 7.00. The Morgan fingerprint density at radius 3 is 2.53 bits per heavy atom. The van der Waals surface area contributed by atoms with Gasteiger partial charge >= 0.3 is 0 Å². The van der Waals surface area contributed by atoms with Gasteiger partial charge in [-0.25, -0.2) is 0 Å². The molecule has 2 aromatic carbocycles. The molecule has 2 amide bonds. The lowest BCUT2D eigenvalue weighted by Crippen LogP contribution is -2.54. The topological polar surface area (TPSA) is 71.1 Å².